The summed E-state index contributed by atoms with van der Waals surface area (Å²) >= 11 is 2.98. The third-order valence-corrected chi connectivity index (χ3v) is 2.76. The smallest absolute Gasteiger partial charge is 0.344 e. The highest BCUT2D eigenvalue weighted by molar-refractivity contribution is 9.10. The van der Waals surface area contributed by atoms with E-state index in [-0.39, 0.29) is 15.9 Å². The minimum Gasteiger partial charge on any atom is -0.479 e. The summed E-state index contributed by atoms with van der Waals surface area (Å²) in [6.07, 6.45) is -0.0228. The Hall–Kier alpha value is -1.30. The fourth-order valence-corrected chi connectivity index (χ4v) is 1.66. The maximum absolute atomic E-state index is 13.3. The Morgan fingerprint density at radius 3 is 2.82 bits per heavy atom. The van der Waals surface area contributed by atoms with Crippen LogP contribution in [-0.2, 0) is 4.79 Å². The van der Waals surface area contributed by atoms with E-state index in [0.717, 1.165) is 6.07 Å². The lowest BCUT2D eigenvalue weighted by Crippen LogP contribution is -2.27. The maximum Gasteiger partial charge on any atom is 0.344 e. The van der Waals surface area contributed by atoms with Crippen LogP contribution < -0.4 is 10.5 Å². The third kappa shape index (κ3) is 3.59. The number of hydrogen-bond donors (Lipinski definition) is 2. The van der Waals surface area contributed by atoms with Gasteiger partial charge in [-0.25, -0.2) is 9.18 Å². The van der Waals surface area contributed by atoms with Crippen molar-refractivity contribution in [2.75, 3.05) is 5.73 Å². The van der Waals surface area contributed by atoms with Gasteiger partial charge in [0.05, 0.1) is 10.2 Å². The van der Waals surface area contributed by atoms with E-state index in [0.29, 0.717) is 12.8 Å². The van der Waals surface area contributed by atoms with Gasteiger partial charge in [0.15, 0.2) is 6.10 Å². The van der Waals surface area contributed by atoms with Crippen molar-refractivity contribution in [1.82, 2.24) is 0 Å². The minimum absolute atomic E-state index is 0.0477. The summed E-state index contributed by atoms with van der Waals surface area (Å²) in [5, 5.41) is 8.91. The first kappa shape index (κ1) is 13.8. The summed E-state index contributed by atoms with van der Waals surface area (Å²) < 4.78 is 18.7. The van der Waals surface area contributed by atoms with Gasteiger partial charge in [0, 0.05) is 6.07 Å². The molecule has 3 N–H and O–H groups in total. The number of carboxylic acid groups (broad SMARTS) is 1. The van der Waals surface area contributed by atoms with E-state index in [9.17, 15) is 9.18 Å². The molecular formula is C11H13BrFNO3. The molecule has 1 aromatic carbocycles. The largest absolute Gasteiger partial charge is 0.479 e. The molecule has 0 amide bonds. The summed E-state index contributed by atoms with van der Waals surface area (Å²) in [4.78, 5) is 10.9. The molecule has 4 nitrogen and oxygen atoms in total. The van der Waals surface area contributed by atoms with Crippen molar-refractivity contribution in [1.29, 1.82) is 0 Å². The van der Waals surface area contributed by atoms with E-state index in [2.05, 4.69) is 15.9 Å². The SMILES string of the molecule is CCCC(Oc1cc(F)c(Br)cc1N)C(=O)O. The van der Waals surface area contributed by atoms with Crippen molar-refractivity contribution in [2.24, 2.45) is 0 Å². The summed E-state index contributed by atoms with van der Waals surface area (Å²) in [7, 11) is 0. The summed E-state index contributed by atoms with van der Waals surface area (Å²) in [6, 6.07) is 2.42. The summed E-state index contributed by atoms with van der Waals surface area (Å²) in [5.41, 5.74) is 5.82. The normalized spacial score (nSPS) is 12.2. The second-order valence-corrected chi connectivity index (χ2v) is 4.39. The predicted octanol–water partition coefficient (Wildman–Crippen LogP) is 2.80. The number of anilines is 1. The van der Waals surface area contributed by atoms with Gasteiger partial charge < -0.3 is 15.6 Å². The van der Waals surface area contributed by atoms with Crippen molar-refractivity contribution in [3.63, 3.8) is 0 Å². The van der Waals surface area contributed by atoms with E-state index in [1.807, 2.05) is 6.92 Å². The third-order valence-electron chi connectivity index (χ3n) is 2.15. The maximum atomic E-state index is 13.3. The van der Waals surface area contributed by atoms with Crippen LogP contribution in [-0.4, -0.2) is 17.2 Å². The molecule has 0 bridgehead atoms. The first-order valence-corrected chi connectivity index (χ1v) is 5.89. The van der Waals surface area contributed by atoms with Crippen LogP contribution in [0.2, 0.25) is 0 Å². The molecule has 0 aromatic heterocycles. The number of halogens is 2. The lowest BCUT2D eigenvalue weighted by atomic mass is 10.2. The van der Waals surface area contributed by atoms with Crippen LogP contribution in [0.3, 0.4) is 0 Å². The highest BCUT2D eigenvalue weighted by Gasteiger charge is 2.20. The van der Waals surface area contributed by atoms with E-state index in [4.69, 9.17) is 15.6 Å². The van der Waals surface area contributed by atoms with Gasteiger partial charge in [-0.1, -0.05) is 13.3 Å². The molecule has 0 aliphatic rings. The van der Waals surface area contributed by atoms with Crippen LogP contribution in [0, 0.1) is 5.82 Å². The van der Waals surface area contributed by atoms with Crippen LogP contribution >= 0.6 is 15.9 Å². The Bertz CT molecular complexity index is 425. The number of nitrogen functional groups attached to an aromatic ring is 1. The summed E-state index contributed by atoms with van der Waals surface area (Å²) in [5.74, 6) is -1.59. The van der Waals surface area contributed by atoms with Gasteiger partial charge >= 0.3 is 5.97 Å². The number of nitrogens with two attached hydrogens (primary N) is 1. The van der Waals surface area contributed by atoms with Crippen LogP contribution in [0.15, 0.2) is 16.6 Å². The Morgan fingerprint density at radius 1 is 1.65 bits per heavy atom. The number of carboxylic acids is 1. The zero-order chi connectivity index (χ0) is 13.0. The molecule has 17 heavy (non-hydrogen) atoms. The minimum atomic E-state index is -1.09. The van der Waals surface area contributed by atoms with Crippen LogP contribution in [0.25, 0.3) is 0 Å². The molecule has 0 saturated heterocycles. The second-order valence-electron chi connectivity index (χ2n) is 3.54. The molecule has 0 aliphatic heterocycles. The molecule has 0 heterocycles. The molecule has 94 valence electrons. The van der Waals surface area contributed by atoms with Crippen molar-refractivity contribution in [2.45, 2.75) is 25.9 Å². The Labute approximate surface area is 107 Å². The molecular weight excluding hydrogens is 293 g/mol. The Kier molecular flexibility index (Phi) is 4.74. The average molecular weight is 306 g/mol. The van der Waals surface area contributed by atoms with Crippen LogP contribution in [0.4, 0.5) is 10.1 Å². The molecule has 0 spiro atoms. The number of hydrogen-bond acceptors (Lipinski definition) is 3. The predicted molar refractivity (Wildman–Crippen MR) is 65.5 cm³/mol. The van der Waals surface area contributed by atoms with Crippen LogP contribution in [0.5, 0.6) is 5.75 Å². The molecule has 1 rings (SSSR count). The zero-order valence-corrected chi connectivity index (χ0v) is 10.8. The molecule has 0 radical (unpaired) electrons. The Balaban J connectivity index is 2.93. The standard InChI is InChI=1S/C11H13BrFNO3/c1-2-3-9(11(15)16)17-10-5-7(13)6(12)4-8(10)14/h4-5,9H,2-3,14H2,1H3,(H,15,16). The van der Waals surface area contributed by atoms with Crippen molar-refractivity contribution < 1.29 is 19.0 Å². The lowest BCUT2D eigenvalue weighted by molar-refractivity contribution is -0.145. The molecule has 1 unspecified atom stereocenters. The summed E-state index contributed by atoms with van der Waals surface area (Å²) in [6.45, 7) is 1.84. The van der Waals surface area contributed by atoms with E-state index in [1.165, 1.54) is 6.07 Å². The van der Waals surface area contributed by atoms with Gasteiger partial charge in [-0.3, -0.25) is 0 Å². The van der Waals surface area contributed by atoms with Gasteiger partial charge in [-0.15, -0.1) is 0 Å². The quantitative estimate of drug-likeness (QED) is 0.821. The van der Waals surface area contributed by atoms with E-state index in [1.54, 1.807) is 0 Å². The lowest BCUT2D eigenvalue weighted by Gasteiger charge is -2.16. The fourth-order valence-electron chi connectivity index (χ4n) is 1.29. The van der Waals surface area contributed by atoms with Gasteiger partial charge in [-0.2, -0.15) is 0 Å². The first-order valence-electron chi connectivity index (χ1n) is 5.09. The Morgan fingerprint density at radius 2 is 2.29 bits per heavy atom. The van der Waals surface area contributed by atoms with Gasteiger partial charge in [0.1, 0.15) is 11.6 Å². The monoisotopic (exact) mass is 305 g/mol. The highest BCUT2D eigenvalue weighted by atomic mass is 79.9. The van der Waals surface area contributed by atoms with Crippen molar-refractivity contribution >= 4 is 27.6 Å². The highest BCUT2D eigenvalue weighted by Crippen LogP contribution is 2.29. The molecule has 1 atom stereocenters. The fraction of sp³-hybridized carbons (Fsp3) is 0.364. The van der Waals surface area contributed by atoms with E-state index >= 15 is 0 Å². The van der Waals surface area contributed by atoms with Gasteiger partial charge in [0.2, 0.25) is 0 Å². The van der Waals surface area contributed by atoms with Crippen molar-refractivity contribution in [3.05, 3.63) is 22.4 Å². The molecule has 1 aromatic rings. The van der Waals surface area contributed by atoms with Crippen LogP contribution in [0.1, 0.15) is 19.8 Å². The molecule has 0 fully saturated rings. The second kappa shape index (κ2) is 5.86. The number of aliphatic carboxylic acids is 1. The van der Waals surface area contributed by atoms with Gasteiger partial charge in [-0.05, 0) is 28.4 Å². The zero-order valence-electron chi connectivity index (χ0n) is 9.24. The van der Waals surface area contributed by atoms with Gasteiger partial charge in [0.25, 0.3) is 0 Å². The average Bonchev–Trinajstić information content (AvgIpc) is 2.24. The topological polar surface area (TPSA) is 72.5 Å². The number of carbonyl (C=O) groups is 1. The number of benzene rings is 1. The molecule has 0 aliphatic carbocycles. The first-order chi connectivity index (χ1) is 7.95. The molecule has 0 saturated carbocycles. The van der Waals surface area contributed by atoms with E-state index < -0.39 is 17.9 Å². The number of ether oxygens (including phenoxy) is 1. The molecule has 6 heteroatoms. The van der Waals surface area contributed by atoms with Crippen molar-refractivity contribution in [3.8, 4) is 5.75 Å². The number of rotatable bonds is 5.